The van der Waals surface area contributed by atoms with Crippen molar-refractivity contribution in [3.63, 3.8) is 0 Å². The van der Waals surface area contributed by atoms with E-state index in [0.29, 0.717) is 5.69 Å². The third-order valence-corrected chi connectivity index (χ3v) is 3.00. The van der Waals surface area contributed by atoms with Crippen molar-refractivity contribution in [1.82, 2.24) is 5.01 Å². The van der Waals surface area contributed by atoms with Gasteiger partial charge in [-0.15, -0.1) is 0 Å². The second kappa shape index (κ2) is 6.24. The lowest BCUT2D eigenvalue weighted by atomic mass is 10.2. The van der Waals surface area contributed by atoms with Gasteiger partial charge in [0, 0.05) is 4.47 Å². The van der Waals surface area contributed by atoms with Crippen LogP contribution in [-0.2, 0) is 6.54 Å². The van der Waals surface area contributed by atoms with Gasteiger partial charge in [0.1, 0.15) is 0 Å². The smallest absolute Gasteiger partial charge is 0.426 e. The summed E-state index contributed by atoms with van der Waals surface area (Å²) in [6, 6.07) is 16.8. The average Bonchev–Trinajstić information content (AvgIpc) is 2.39. The molecule has 0 aromatic heterocycles. The SMILES string of the molecule is O=C(O)N(Cc1ccccc1)Nc1cccc(Br)c1. The zero-order valence-corrected chi connectivity index (χ0v) is 11.7. The second-order valence-electron chi connectivity index (χ2n) is 3.98. The van der Waals surface area contributed by atoms with Crippen LogP contribution in [-0.4, -0.2) is 16.2 Å². The first-order valence-electron chi connectivity index (χ1n) is 5.72. The Morgan fingerprint density at radius 1 is 1.16 bits per heavy atom. The number of benzene rings is 2. The number of nitrogens with one attached hydrogen (secondary N) is 1. The highest BCUT2D eigenvalue weighted by Crippen LogP contribution is 2.17. The van der Waals surface area contributed by atoms with Gasteiger partial charge in [-0.25, -0.2) is 9.80 Å². The van der Waals surface area contributed by atoms with Crippen molar-refractivity contribution in [3.8, 4) is 0 Å². The summed E-state index contributed by atoms with van der Waals surface area (Å²) in [6.45, 7) is 0.280. The number of hydrazine groups is 1. The number of halogens is 1. The highest BCUT2D eigenvalue weighted by molar-refractivity contribution is 9.10. The van der Waals surface area contributed by atoms with Gasteiger partial charge in [-0.3, -0.25) is 5.43 Å². The molecule has 0 aliphatic carbocycles. The summed E-state index contributed by atoms with van der Waals surface area (Å²) in [4.78, 5) is 11.2. The third-order valence-electron chi connectivity index (χ3n) is 2.50. The van der Waals surface area contributed by atoms with Gasteiger partial charge >= 0.3 is 6.09 Å². The number of rotatable bonds is 4. The van der Waals surface area contributed by atoms with Gasteiger partial charge in [0.15, 0.2) is 0 Å². The Morgan fingerprint density at radius 2 is 1.89 bits per heavy atom. The molecule has 0 bridgehead atoms. The lowest BCUT2D eigenvalue weighted by Gasteiger charge is -2.21. The van der Waals surface area contributed by atoms with Crippen molar-refractivity contribution < 1.29 is 9.90 Å². The first-order chi connectivity index (χ1) is 9.15. The van der Waals surface area contributed by atoms with Gasteiger partial charge in [-0.1, -0.05) is 52.3 Å². The lowest BCUT2D eigenvalue weighted by Crippen LogP contribution is -2.34. The van der Waals surface area contributed by atoms with Crippen LogP contribution in [0, 0.1) is 0 Å². The molecule has 0 heterocycles. The van der Waals surface area contributed by atoms with E-state index in [4.69, 9.17) is 0 Å². The van der Waals surface area contributed by atoms with E-state index in [1.54, 1.807) is 0 Å². The van der Waals surface area contributed by atoms with E-state index >= 15 is 0 Å². The maximum absolute atomic E-state index is 11.2. The number of hydrogen-bond donors (Lipinski definition) is 2. The van der Waals surface area contributed by atoms with Crippen molar-refractivity contribution in [2.45, 2.75) is 6.54 Å². The Bertz CT molecular complexity index is 560. The fraction of sp³-hybridized carbons (Fsp3) is 0.0714. The standard InChI is InChI=1S/C14H13BrN2O2/c15-12-7-4-8-13(9-12)16-17(14(18)19)10-11-5-2-1-3-6-11/h1-9,16H,10H2,(H,18,19). The molecule has 2 aromatic carbocycles. The quantitative estimate of drug-likeness (QED) is 0.838. The van der Waals surface area contributed by atoms with Crippen molar-refractivity contribution in [2.24, 2.45) is 0 Å². The first kappa shape index (κ1) is 13.4. The molecule has 98 valence electrons. The van der Waals surface area contributed by atoms with Crippen molar-refractivity contribution in [1.29, 1.82) is 0 Å². The van der Waals surface area contributed by atoms with Crippen molar-refractivity contribution in [3.05, 3.63) is 64.6 Å². The summed E-state index contributed by atoms with van der Waals surface area (Å²) >= 11 is 3.35. The van der Waals surface area contributed by atoms with Crippen LogP contribution >= 0.6 is 15.9 Å². The minimum atomic E-state index is -1.02. The molecule has 1 amide bonds. The van der Waals surface area contributed by atoms with Crippen LogP contribution in [0.4, 0.5) is 10.5 Å². The van der Waals surface area contributed by atoms with E-state index in [1.165, 1.54) is 0 Å². The molecule has 0 aliphatic rings. The third kappa shape index (κ3) is 3.99. The number of hydrogen-bond acceptors (Lipinski definition) is 2. The molecular formula is C14H13BrN2O2. The van der Waals surface area contributed by atoms with Gasteiger partial charge in [0.05, 0.1) is 12.2 Å². The van der Waals surface area contributed by atoms with Crippen molar-refractivity contribution in [2.75, 3.05) is 5.43 Å². The van der Waals surface area contributed by atoms with E-state index in [2.05, 4.69) is 21.4 Å². The molecule has 0 spiro atoms. The molecule has 0 saturated carbocycles. The summed E-state index contributed by atoms with van der Waals surface area (Å²) in [6.07, 6.45) is -1.02. The molecule has 2 rings (SSSR count). The molecular weight excluding hydrogens is 308 g/mol. The summed E-state index contributed by atoms with van der Waals surface area (Å²) in [5.41, 5.74) is 4.51. The van der Waals surface area contributed by atoms with E-state index in [1.807, 2.05) is 54.6 Å². The largest absolute Gasteiger partial charge is 0.464 e. The molecule has 5 heteroatoms. The molecule has 0 radical (unpaired) electrons. The van der Waals surface area contributed by atoms with Crippen LogP contribution in [0.3, 0.4) is 0 Å². The monoisotopic (exact) mass is 320 g/mol. The highest BCUT2D eigenvalue weighted by atomic mass is 79.9. The summed E-state index contributed by atoms with van der Waals surface area (Å²) in [5.74, 6) is 0. The molecule has 2 aromatic rings. The minimum absolute atomic E-state index is 0.280. The number of amides is 1. The van der Waals surface area contributed by atoms with Crippen LogP contribution in [0.1, 0.15) is 5.56 Å². The predicted molar refractivity (Wildman–Crippen MR) is 77.8 cm³/mol. The van der Waals surface area contributed by atoms with Crippen LogP contribution < -0.4 is 5.43 Å². The maximum atomic E-state index is 11.2. The van der Waals surface area contributed by atoms with E-state index in [9.17, 15) is 9.90 Å². The lowest BCUT2D eigenvalue weighted by molar-refractivity contribution is 0.153. The van der Waals surface area contributed by atoms with Crippen LogP contribution in [0.2, 0.25) is 0 Å². The van der Waals surface area contributed by atoms with Gasteiger partial charge in [0.25, 0.3) is 0 Å². The van der Waals surface area contributed by atoms with Gasteiger partial charge in [0.2, 0.25) is 0 Å². The zero-order chi connectivity index (χ0) is 13.7. The molecule has 0 fully saturated rings. The van der Waals surface area contributed by atoms with Crippen molar-refractivity contribution >= 4 is 27.7 Å². The molecule has 2 N–H and O–H groups in total. The van der Waals surface area contributed by atoms with Gasteiger partial charge in [-0.2, -0.15) is 0 Å². The fourth-order valence-electron chi connectivity index (χ4n) is 1.63. The van der Waals surface area contributed by atoms with E-state index in [-0.39, 0.29) is 6.54 Å². The Balaban J connectivity index is 2.11. The summed E-state index contributed by atoms with van der Waals surface area (Å²) in [7, 11) is 0. The van der Waals surface area contributed by atoms with Crippen LogP contribution in [0.15, 0.2) is 59.1 Å². The maximum Gasteiger partial charge on any atom is 0.426 e. The summed E-state index contributed by atoms with van der Waals surface area (Å²) in [5, 5.41) is 10.4. The van der Waals surface area contributed by atoms with Crippen LogP contribution in [0.5, 0.6) is 0 Å². The highest BCUT2D eigenvalue weighted by Gasteiger charge is 2.12. The van der Waals surface area contributed by atoms with Gasteiger partial charge in [-0.05, 0) is 23.8 Å². The number of nitrogens with zero attached hydrogens (tertiary/aromatic N) is 1. The average molecular weight is 321 g/mol. The second-order valence-corrected chi connectivity index (χ2v) is 4.89. The molecule has 19 heavy (non-hydrogen) atoms. The van der Waals surface area contributed by atoms with Gasteiger partial charge < -0.3 is 5.11 Å². The molecule has 0 unspecified atom stereocenters. The Kier molecular flexibility index (Phi) is 4.41. The molecule has 0 atom stereocenters. The first-order valence-corrected chi connectivity index (χ1v) is 6.51. The fourth-order valence-corrected chi connectivity index (χ4v) is 2.03. The Morgan fingerprint density at radius 3 is 2.53 bits per heavy atom. The number of anilines is 1. The normalized spacial score (nSPS) is 9.95. The Labute approximate surface area is 119 Å². The van der Waals surface area contributed by atoms with E-state index in [0.717, 1.165) is 15.0 Å². The van der Waals surface area contributed by atoms with Crippen LogP contribution in [0.25, 0.3) is 0 Å². The Hall–Kier alpha value is -2.01. The molecule has 0 saturated heterocycles. The zero-order valence-electron chi connectivity index (χ0n) is 10.1. The molecule has 4 nitrogen and oxygen atoms in total. The topological polar surface area (TPSA) is 52.6 Å². The summed E-state index contributed by atoms with van der Waals surface area (Å²) < 4.78 is 0.891. The molecule has 0 aliphatic heterocycles. The van der Waals surface area contributed by atoms with E-state index < -0.39 is 6.09 Å². The predicted octanol–water partition coefficient (Wildman–Crippen LogP) is 3.96. The number of carboxylic acid groups (broad SMARTS) is 1. The number of carbonyl (C=O) groups is 1. The minimum Gasteiger partial charge on any atom is -0.464 e.